The van der Waals surface area contributed by atoms with E-state index in [2.05, 4.69) is 11.1 Å². The van der Waals surface area contributed by atoms with Crippen LogP contribution in [0.1, 0.15) is 16.8 Å². The van der Waals surface area contributed by atoms with Gasteiger partial charge in [0.25, 0.3) is 0 Å². The van der Waals surface area contributed by atoms with E-state index < -0.39 is 0 Å². The average molecular weight is 251 g/mol. The Morgan fingerprint density at radius 2 is 2.05 bits per heavy atom. The first-order valence-corrected chi connectivity index (χ1v) is 5.80. The summed E-state index contributed by atoms with van der Waals surface area (Å²) in [5.74, 6) is 0.598. The zero-order chi connectivity index (χ0) is 13.7. The Kier molecular flexibility index (Phi) is 3.89. The average Bonchev–Trinajstić information content (AvgIpc) is 2.48. The predicted molar refractivity (Wildman–Crippen MR) is 72.5 cm³/mol. The highest BCUT2D eigenvalue weighted by Gasteiger charge is 2.10. The van der Waals surface area contributed by atoms with Crippen LogP contribution in [0.2, 0.25) is 0 Å². The van der Waals surface area contributed by atoms with Gasteiger partial charge >= 0.3 is 0 Å². The summed E-state index contributed by atoms with van der Waals surface area (Å²) in [5, 5.41) is 16.8. The monoisotopic (exact) mass is 251 g/mol. The van der Waals surface area contributed by atoms with Crippen LogP contribution in [0.3, 0.4) is 0 Å². The summed E-state index contributed by atoms with van der Waals surface area (Å²) in [4.78, 5) is 4.18. The molecular formula is C15H13N3O. The maximum absolute atomic E-state index is 8.74. The zero-order valence-electron chi connectivity index (χ0n) is 10.6. The number of nitrogens with zero attached hydrogens (tertiary/aromatic N) is 2. The predicted octanol–water partition coefficient (Wildman–Crippen LogP) is 2.57. The first-order valence-electron chi connectivity index (χ1n) is 5.80. The van der Waals surface area contributed by atoms with Crippen LogP contribution in [0, 0.1) is 16.7 Å². The molecule has 0 bridgehead atoms. The third-order valence-corrected chi connectivity index (χ3v) is 2.74. The number of benzene rings is 1. The molecule has 1 aromatic carbocycles. The summed E-state index contributed by atoms with van der Waals surface area (Å²) >= 11 is 0. The minimum Gasteiger partial charge on any atom is -0.494 e. The third kappa shape index (κ3) is 2.96. The van der Waals surface area contributed by atoms with Gasteiger partial charge in [-0.2, -0.15) is 5.26 Å². The second-order valence-corrected chi connectivity index (χ2v) is 4.02. The van der Waals surface area contributed by atoms with Crippen LogP contribution in [-0.2, 0) is 6.42 Å². The van der Waals surface area contributed by atoms with E-state index in [1.54, 1.807) is 37.6 Å². The Labute approximate surface area is 111 Å². The quantitative estimate of drug-likeness (QED) is 0.849. The van der Waals surface area contributed by atoms with E-state index in [-0.39, 0.29) is 0 Å². The van der Waals surface area contributed by atoms with Gasteiger partial charge in [0.2, 0.25) is 0 Å². The minimum atomic E-state index is 0.391. The van der Waals surface area contributed by atoms with Gasteiger partial charge in [-0.15, -0.1) is 0 Å². The Morgan fingerprint density at radius 1 is 1.32 bits per heavy atom. The van der Waals surface area contributed by atoms with Gasteiger partial charge in [-0.1, -0.05) is 12.1 Å². The lowest BCUT2D eigenvalue weighted by atomic mass is 10.0. The van der Waals surface area contributed by atoms with Gasteiger partial charge in [0.05, 0.1) is 24.5 Å². The van der Waals surface area contributed by atoms with Gasteiger partial charge in [0.15, 0.2) is 0 Å². The fourth-order valence-electron chi connectivity index (χ4n) is 1.77. The second-order valence-electron chi connectivity index (χ2n) is 4.02. The molecule has 0 aliphatic carbocycles. The van der Waals surface area contributed by atoms with Crippen LogP contribution in [0.15, 0.2) is 42.6 Å². The summed E-state index contributed by atoms with van der Waals surface area (Å²) in [7, 11) is 1.56. The molecule has 1 aromatic heterocycles. The van der Waals surface area contributed by atoms with Crippen LogP contribution in [0.4, 0.5) is 0 Å². The molecule has 0 amide bonds. The minimum absolute atomic E-state index is 0.391. The molecule has 94 valence electrons. The maximum atomic E-state index is 8.74. The van der Waals surface area contributed by atoms with Crippen LogP contribution < -0.4 is 4.74 Å². The number of hydrogen-bond acceptors (Lipinski definition) is 4. The summed E-state index contributed by atoms with van der Waals surface area (Å²) < 4.78 is 5.19. The summed E-state index contributed by atoms with van der Waals surface area (Å²) in [6.07, 6.45) is 2.10. The number of methoxy groups -OCH3 is 1. The molecule has 0 radical (unpaired) electrons. The molecule has 19 heavy (non-hydrogen) atoms. The highest BCUT2D eigenvalue weighted by Crippen LogP contribution is 2.17. The number of pyridine rings is 1. The van der Waals surface area contributed by atoms with Crippen LogP contribution in [-0.4, -0.2) is 17.8 Å². The SMILES string of the molecule is COc1cccnc1C(=N)Cc1ccc(C#N)cc1. The summed E-state index contributed by atoms with van der Waals surface area (Å²) in [6, 6.07) is 12.8. The summed E-state index contributed by atoms with van der Waals surface area (Å²) in [5.41, 5.74) is 2.53. The van der Waals surface area contributed by atoms with E-state index >= 15 is 0 Å². The third-order valence-electron chi connectivity index (χ3n) is 2.74. The van der Waals surface area contributed by atoms with Crippen molar-refractivity contribution in [1.82, 2.24) is 4.98 Å². The van der Waals surface area contributed by atoms with Crippen LogP contribution in [0.25, 0.3) is 0 Å². The Hall–Kier alpha value is -2.67. The van der Waals surface area contributed by atoms with Crippen LogP contribution in [0.5, 0.6) is 5.75 Å². The van der Waals surface area contributed by atoms with Crippen molar-refractivity contribution in [2.24, 2.45) is 0 Å². The van der Waals surface area contributed by atoms with Gasteiger partial charge < -0.3 is 10.1 Å². The molecule has 2 rings (SSSR count). The van der Waals surface area contributed by atoms with Crippen molar-refractivity contribution in [1.29, 1.82) is 10.7 Å². The summed E-state index contributed by atoms with van der Waals surface area (Å²) in [6.45, 7) is 0. The smallest absolute Gasteiger partial charge is 0.146 e. The number of nitrogens with one attached hydrogen (secondary N) is 1. The maximum Gasteiger partial charge on any atom is 0.146 e. The first-order chi connectivity index (χ1) is 9.24. The van der Waals surface area contributed by atoms with Gasteiger partial charge in [-0.3, -0.25) is 4.98 Å². The zero-order valence-corrected chi connectivity index (χ0v) is 10.6. The highest BCUT2D eigenvalue weighted by atomic mass is 16.5. The van der Waals surface area contributed by atoms with E-state index in [1.165, 1.54) is 0 Å². The van der Waals surface area contributed by atoms with E-state index in [0.29, 0.717) is 29.1 Å². The van der Waals surface area contributed by atoms with Crippen molar-refractivity contribution in [2.45, 2.75) is 6.42 Å². The van der Waals surface area contributed by atoms with Crippen molar-refractivity contribution in [3.05, 3.63) is 59.4 Å². The molecule has 0 atom stereocenters. The molecule has 1 heterocycles. The molecule has 1 N–H and O–H groups in total. The Morgan fingerprint density at radius 3 is 2.68 bits per heavy atom. The first kappa shape index (κ1) is 12.8. The molecule has 0 unspecified atom stereocenters. The topological polar surface area (TPSA) is 69.8 Å². The lowest BCUT2D eigenvalue weighted by Gasteiger charge is -2.08. The van der Waals surface area contributed by atoms with Crippen molar-refractivity contribution in [2.75, 3.05) is 7.11 Å². The molecule has 0 aliphatic rings. The van der Waals surface area contributed by atoms with E-state index in [4.69, 9.17) is 15.4 Å². The second kappa shape index (κ2) is 5.78. The molecule has 0 saturated heterocycles. The molecule has 0 saturated carbocycles. The molecule has 4 heteroatoms. The van der Waals surface area contributed by atoms with Gasteiger partial charge in [0, 0.05) is 12.6 Å². The number of rotatable bonds is 4. The number of aromatic nitrogens is 1. The highest BCUT2D eigenvalue weighted by molar-refractivity contribution is 6.00. The van der Waals surface area contributed by atoms with Crippen molar-refractivity contribution < 1.29 is 4.74 Å². The fourth-order valence-corrected chi connectivity index (χ4v) is 1.77. The van der Waals surface area contributed by atoms with Crippen molar-refractivity contribution in [3.8, 4) is 11.8 Å². The van der Waals surface area contributed by atoms with E-state index in [1.807, 2.05) is 12.1 Å². The molecule has 0 aliphatic heterocycles. The standard InChI is InChI=1S/C15H13N3O/c1-19-14-3-2-8-18-15(14)13(17)9-11-4-6-12(10-16)7-5-11/h2-8,17H,9H2,1H3. The molecule has 2 aromatic rings. The van der Waals surface area contributed by atoms with Gasteiger partial charge in [-0.05, 0) is 29.8 Å². The van der Waals surface area contributed by atoms with Crippen LogP contribution >= 0.6 is 0 Å². The Bertz CT molecular complexity index is 627. The largest absolute Gasteiger partial charge is 0.494 e. The number of nitriles is 1. The van der Waals surface area contributed by atoms with E-state index in [9.17, 15) is 0 Å². The van der Waals surface area contributed by atoms with Gasteiger partial charge in [0.1, 0.15) is 11.4 Å². The molecule has 0 fully saturated rings. The normalized spacial score (nSPS) is 9.68. The molecular weight excluding hydrogens is 238 g/mol. The van der Waals surface area contributed by atoms with Gasteiger partial charge in [-0.25, -0.2) is 0 Å². The van der Waals surface area contributed by atoms with Crippen molar-refractivity contribution in [3.63, 3.8) is 0 Å². The van der Waals surface area contributed by atoms with E-state index in [0.717, 1.165) is 5.56 Å². The lowest BCUT2D eigenvalue weighted by Crippen LogP contribution is -2.08. The lowest BCUT2D eigenvalue weighted by molar-refractivity contribution is 0.411. The van der Waals surface area contributed by atoms with Crippen molar-refractivity contribution >= 4 is 5.71 Å². The number of ether oxygens (including phenoxy) is 1. The molecule has 0 spiro atoms. The molecule has 4 nitrogen and oxygen atoms in total. The fraction of sp³-hybridized carbons (Fsp3) is 0.133. The number of hydrogen-bond donors (Lipinski definition) is 1. The Balaban J connectivity index is 2.18.